The largest absolute Gasteiger partial charge is 0.475 e. The van der Waals surface area contributed by atoms with Gasteiger partial charge in [0.2, 0.25) is 0 Å². The third kappa shape index (κ3) is 5.27. The van der Waals surface area contributed by atoms with Crippen molar-refractivity contribution in [3.63, 3.8) is 0 Å². The fourth-order valence-corrected chi connectivity index (χ4v) is 2.34. The molecule has 1 aromatic heterocycles. The Hall–Kier alpha value is -1.16. The van der Waals surface area contributed by atoms with Crippen LogP contribution in [0.4, 0.5) is 4.39 Å². The van der Waals surface area contributed by atoms with E-state index in [2.05, 4.69) is 24.1 Å². The Morgan fingerprint density at radius 1 is 1.43 bits per heavy atom. The topological polar surface area (TPSA) is 34.1 Å². The summed E-state index contributed by atoms with van der Waals surface area (Å²) in [6, 6.07) is 2.30. The van der Waals surface area contributed by atoms with Crippen molar-refractivity contribution in [1.29, 1.82) is 0 Å². The fourth-order valence-electron chi connectivity index (χ4n) is 2.34. The van der Waals surface area contributed by atoms with Crippen LogP contribution in [0.5, 0.6) is 5.88 Å². The number of aromatic nitrogens is 1. The lowest BCUT2D eigenvalue weighted by atomic mass is 10.0. The van der Waals surface area contributed by atoms with Gasteiger partial charge in [-0.05, 0) is 31.2 Å². The van der Waals surface area contributed by atoms with Crippen LogP contribution in [-0.2, 0) is 6.54 Å². The molecule has 1 N–H and O–H groups in total. The van der Waals surface area contributed by atoms with Gasteiger partial charge in [-0.1, -0.05) is 33.1 Å². The van der Waals surface area contributed by atoms with E-state index in [4.69, 9.17) is 4.74 Å². The maximum atomic E-state index is 14.3. The first-order chi connectivity index (χ1) is 10.2. The molecule has 2 rings (SSSR count). The highest BCUT2D eigenvalue weighted by Crippen LogP contribution is 2.22. The molecule has 0 spiro atoms. The Balaban J connectivity index is 1.87. The highest BCUT2D eigenvalue weighted by molar-refractivity contribution is 5.23. The molecule has 1 atom stereocenters. The number of hydrogen-bond donors (Lipinski definition) is 1. The van der Waals surface area contributed by atoms with E-state index in [0.29, 0.717) is 30.7 Å². The van der Waals surface area contributed by atoms with Crippen molar-refractivity contribution >= 4 is 0 Å². The first-order valence-electron chi connectivity index (χ1n) is 8.24. The van der Waals surface area contributed by atoms with Crippen LogP contribution in [0.2, 0.25) is 0 Å². The average Bonchev–Trinajstić information content (AvgIpc) is 3.32. The lowest BCUT2D eigenvalue weighted by Crippen LogP contribution is -2.17. The summed E-state index contributed by atoms with van der Waals surface area (Å²) in [5.74, 6) is 0.329. The molecule has 0 aliphatic heterocycles. The van der Waals surface area contributed by atoms with Gasteiger partial charge in [0.15, 0.2) is 5.82 Å². The molecule has 0 amide bonds. The number of hydrogen-bond acceptors (Lipinski definition) is 3. The minimum absolute atomic E-state index is 0.153. The third-order valence-corrected chi connectivity index (χ3v) is 4.09. The molecular weight excluding hydrogens is 267 g/mol. The van der Waals surface area contributed by atoms with Crippen molar-refractivity contribution in [2.24, 2.45) is 5.92 Å². The standard InChI is InChI=1S/C17H27FN2O/c1-3-5-6-13(4-2)12-21-17-16(18)14(9-10-19-17)11-20-15-7-8-15/h9-10,13,15,20H,3-8,11-12H2,1-2H3. The quantitative estimate of drug-likeness (QED) is 0.706. The van der Waals surface area contributed by atoms with Gasteiger partial charge in [-0.2, -0.15) is 0 Å². The van der Waals surface area contributed by atoms with E-state index < -0.39 is 0 Å². The van der Waals surface area contributed by atoms with Gasteiger partial charge in [0.1, 0.15) is 0 Å². The molecule has 1 heterocycles. The predicted molar refractivity (Wildman–Crippen MR) is 82.9 cm³/mol. The monoisotopic (exact) mass is 294 g/mol. The first kappa shape index (κ1) is 16.2. The van der Waals surface area contributed by atoms with E-state index in [-0.39, 0.29) is 11.7 Å². The third-order valence-electron chi connectivity index (χ3n) is 4.09. The second-order valence-corrected chi connectivity index (χ2v) is 5.97. The van der Waals surface area contributed by atoms with Crippen LogP contribution in [0.3, 0.4) is 0 Å². The summed E-state index contributed by atoms with van der Waals surface area (Å²) in [4.78, 5) is 4.04. The lowest BCUT2D eigenvalue weighted by Gasteiger charge is -2.16. The molecule has 4 heteroatoms. The van der Waals surface area contributed by atoms with Crippen LogP contribution in [0.1, 0.15) is 57.9 Å². The van der Waals surface area contributed by atoms with Gasteiger partial charge in [-0.15, -0.1) is 0 Å². The Labute approximate surface area is 127 Å². The van der Waals surface area contributed by atoms with E-state index in [9.17, 15) is 4.39 Å². The zero-order valence-electron chi connectivity index (χ0n) is 13.2. The number of pyridine rings is 1. The summed E-state index contributed by atoms with van der Waals surface area (Å²) in [5, 5.41) is 3.32. The summed E-state index contributed by atoms with van der Waals surface area (Å²) in [6.45, 7) is 5.46. The molecule has 1 fully saturated rings. The van der Waals surface area contributed by atoms with Crippen LogP contribution in [-0.4, -0.2) is 17.6 Å². The summed E-state index contributed by atoms with van der Waals surface area (Å²) in [6.07, 6.45) is 8.61. The van der Waals surface area contributed by atoms with Crippen molar-refractivity contribution in [1.82, 2.24) is 10.3 Å². The van der Waals surface area contributed by atoms with E-state index >= 15 is 0 Å². The van der Waals surface area contributed by atoms with Crippen LogP contribution in [0.15, 0.2) is 12.3 Å². The molecule has 1 aliphatic rings. The van der Waals surface area contributed by atoms with Gasteiger partial charge >= 0.3 is 0 Å². The van der Waals surface area contributed by atoms with Crippen LogP contribution < -0.4 is 10.1 Å². The first-order valence-corrected chi connectivity index (χ1v) is 8.24. The van der Waals surface area contributed by atoms with Gasteiger partial charge in [0.25, 0.3) is 5.88 Å². The SMILES string of the molecule is CCCCC(CC)COc1nccc(CNC2CC2)c1F. The normalized spacial score (nSPS) is 16.0. The smallest absolute Gasteiger partial charge is 0.250 e. The molecule has 0 aromatic carbocycles. The second kappa shape index (κ2) is 8.32. The number of ether oxygens (including phenoxy) is 1. The molecule has 1 saturated carbocycles. The highest BCUT2D eigenvalue weighted by atomic mass is 19.1. The fraction of sp³-hybridized carbons (Fsp3) is 0.706. The summed E-state index contributed by atoms with van der Waals surface area (Å²) < 4.78 is 20.0. The van der Waals surface area contributed by atoms with Gasteiger partial charge < -0.3 is 10.1 Å². The van der Waals surface area contributed by atoms with Gasteiger partial charge in [0, 0.05) is 24.3 Å². The average molecular weight is 294 g/mol. The van der Waals surface area contributed by atoms with E-state index in [1.54, 1.807) is 12.3 Å². The van der Waals surface area contributed by atoms with Crippen LogP contribution in [0.25, 0.3) is 0 Å². The Kier molecular flexibility index (Phi) is 6.43. The number of halogens is 1. The molecule has 0 bridgehead atoms. The highest BCUT2D eigenvalue weighted by Gasteiger charge is 2.21. The minimum Gasteiger partial charge on any atom is -0.475 e. The molecule has 118 valence electrons. The van der Waals surface area contributed by atoms with Gasteiger partial charge in [-0.3, -0.25) is 0 Å². The molecule has 21 heavy (non-hydrogen) atoms. The second-order valence-electron chi connectivity index (χ2n) is 5.97. The summed E-state index contributed by atoms with van der Waals surface area (Å²) in [7, 11) is 0. The summed E-state index contributed by atoms with van der Waals surface area (Å²) >= 11 is 0. The van der Waals surface area contributed by atoms with Crippen molar-refractivity contribution in [2.45, 2.75) is 65.0 Å². The Morgan fingerprint density at radius 3 is 2.90 bits per heavy atom. The van der Waals surface area contributed by atoms with Crippen LogP contribution >= 0.6 is 0 Å². The van der Waals surface area contributed by atoms with E-state index in [1.165, 1.54) is 25.7 Å². The molecule has 1 aliphatic carbocycles. The van der Waals surface area contributed by atoms with E-state index in [0.717, 1.165) is 12.8 Å². The predicted octanol–water partition coefficient (Wildman–Crippen LogP) is 4.07. The molecule has 3 nitrogen and oxygen atoms in total. The van der Waals surface area contributed by atoms with Crippen molar-refractivity contribution < 1.29 is 9.13 Å². The zero-order chi connectivity index (χ0) is 15.1. The molecule has 1 unspecified atom stereocenters. The zero-order valence-corrected chi connectivity index (χ0v) is 13.2. The number of unbranched alkanes of at least 4 members (excludes halogenated alkanes) is 1. The Bertz CT molecular complexity index is 435. The van der Waals surface area contributed by atoms with Crippen molar-refractivity contribution in [3.05, 3.63) is 23.6 Å². The van der Waals surface area contributed by atoms with Gasteiger partial charge in [-0.25, -0.2) is 9.37 Å². The lowest BCUT2D eigenvalue weighted by molar-refractivity contribution is 0.216. The number of nitrogens with one attached hydrogen (secondary N) is 1. The summed E-state index contributed by atoms with van der Waals surface area (Å²) in [5.41, 5.74) is 0.647. The minimum atomic E-state index is -0.309. The van der Waals surface area contributed by atoms with Crippen molar-refractivity contribution in [2.75, 3.05) is 6.61 Å². The van der Waals surface area contributed by atoms with Crippen LogP contribution in [0, 0.1) is 11.7 Å². The maximum Gasteiger partial charge on any atom is 0.250 e. The molecular formula is C17H27FN2O. The van der Waals surface area contributed by atoms with Crippen molar-refractivity contribution in [3.8, 4) is 5.88 Å². The molecule has 1 aromatic rings. The molecule has 0 saturated heterocycles. The number of nitrogens with zero attached hydrogens (tertiary/aromatic N) is 1. The number of rotatable bonds is 10. The molecule has 0 radical (unpaired) electrons. The van der Waals surface area contributed by atoms with E-state index in [1.807, 2.05) is 0 Å². The maximum absolute atomic E-state index is 14.3. The van der Waals surface area contributed by atoms with Gasteiger partial charge in [0.05, 0.1) is 6.61 Å². The Morgan fingerprint density at radius 2 is 2.24 bits per heavy atom.